The number of hydrogen-bond donors (Lipinski definition) is 1. The fraction of sp³-hybridized carbons (Fsp3) is 0.300. The fourth-order valence-corrected chi connectivity index (χ4v) is 3.24. The SMILES string of the molecule is CC(=O)N1CC(C(=O)NC(C)c2ccc3c(c2)OCO3)Oc2ccccc21. The summed E-state index contributed by atoms with van der Waals surface area (Å²) in [5.74, 6) is 1.48. The Kier molecular flexibility index (Phi) is 4.35. The monoisotopic (exact) mass is 368 g/mol. The van der Waals surface area contributed by atoms with Crippen molar-refractivity contribution in [2.45, 2.75) is 26.0 Å². The van der Waals surface area contributed by atoms with Gasteiger partial charge in [0.1, 0.15) is 5.75 Å². The second kappa shape index (κ2) is 6.83. The minimum absolute atomic E-state index is 0.132. The normalized spacial score (nSPS) is 18.3. The summed E-state index contributed by atoms with van der Waals surface area (Å²) >= 11 is 0. The molecule has 7 nitrogen and oxygen atoms in total. The lowest BCUT2D eigenvalue weighted by atomic mass is 10.1. The molecular formula is C20H20N2O5. The first-order valence-corrected chi connectivity index (χ1v) is 8.76. The van der Waals surface area contributed by atoms with E-state index in [0.717, 1.165) is 5.56 Å². The molecule has 2 heterocycles. The Morgan fingerprint density at radius 2 is 1.89 bits per heavy atom. The van der Waals surface area contributed by atoms with E-state index in [-0.39, 0.29) is 31.2 Å². The largest absolute Gasteiger partial charge is 0.477 e. The highest BCUT2D eigenvalue weighted by molar-refractivity contribution is 5.95. The van der Waals surface area contributed by atoms with Gasteiger partial charge in [-0.1, -0.05) is 18.2 Å². The Balaban J connectivity index is 1.49. The number of benzene rings is 2. The minimum atomic E-state index is -0.778. The highest BCUT2D eigenvalue weighted by Crippen LogP contribution is 2.35. The molecule has 1 N–H and O–H groups in total. The first-order valence-electron chi connectivity index (χ1n) is 8.76. The lowest BCUT2D eigenvalue weighted by Crippen LogP contribution is -2.50. The maximum absolute atomic E-state index is 12.8. The lowest BCUT2D eigenvalue weighted by Gasteiger charge is -2.34. The van der Waals surface area contributed by atoms with Crippen LogP contribution in [0, 0.1) is 0 Å². The van der Waals surface area contributed by atoms with E-state index in [1.807, 2.05) is 37.3 Å². The van der Waals surface area contributed by atoms with Crippen LogP contribution in [0.3, 0.4) is 0 Å². The summed E-state index contributed by atoms with van der Waals surface area (Å²) < 4.78 is 16.5. The average molecular weight is 368 g/mol. The van der Waals surface area contributed by atoms with E-state index in [0.29, 0.717) is 22.9 Å². The van der Waals surface area contributed by atoms with E-state index >= 15 is 0 Å². The summed E-state index contributed by atoms with van der Waals surface area (Å²) in [7, 11) is 0. The van der Waals surface area contributed by atoms with Crippen LogP contribution in [0.4, 0.5) is 5.69 Å². The first kappa shape index (κ1) is 17.2. The van der Waals surface area contributed by atoms with Crippen LogP contribution in [0.15, 0.2) is 42.5 Å². The van der Waals surface area contributed by atoms with Gasteiger partial charge in [-0.2, -0.15) is 0 Å². The van der Waals surface area contributed by atoms with Gasteiger partial charge >= 0.3 is 0 Å². The standard InChI is InChI=1S/C20H20N2O5/c1-12(14-7-8-17-18(9-14)26-11-25-17)21-20(24)19-10-22(13(2)23)15-5-3-4-6-16(15)27-19/h3-9,12,19H,10-11H2,1-2H3,(H,21,24). The third kappa shape index (κ3) is 3.28. The summed E-state index contributed by atoms with van der Waals surface area (Å²) in [6.07, 6.45) is -0.778. The number of hydrogen-bond acceptors (Lipinski definition) is 5. The van der Waals surface area contributed by atoms with Crippen molar-refractivity contribution < 1.29 is 23.8 Å². The van der Waals surface area contributed by atoms with Crippen LogP contribution in [-0.2, 0) is 9.59 Å². The van der Waals surface area contributed by atoms with Gasteiger partial charge in [-0.05, 0) is 36.8 Å². The van der Waals surface area contributed by atoms with Gasteiger partial charge in [-0.3, -0.25) is 9.59 Å². The molecule has 0 bridgehead atoms. The van der Waals surface area contributed by atoms with Crippen molar-refractivity contribution in [1.29, 1.82) is 0 Å². The molecule has 2 aromatic carbocycles. The number of nitrogens with zero attached hydrogens (tertiary/aromatic N) is 1. The number of para-hydroxylation sites is 2. The first-order chi connectivity index (χ1) is 13.0. The zero-order chi connectivity index (χ0) is 19.0. The van der Waals surface area contributed by atoms with Crippen LogP contribution in [0.1, 0.15) is 25.5 Å². The molecule has 27 heavy (non-hydrogen) atoms. The van der Waals surface area contributed by atoms with E-state index < -0.39 is 6.10 Å². The molecule has 2 aliphatic rings. The predicted molar refractivity (Wildman–Crippen MR) is 98.0 cm³/mol. The Morgan fingerprint density at radius 3 is 2.70 bits per heavy atom. The number of amides is 2. The third-order valence-electron chi connectivity index (χ3n) is 4.70. The van der Waals surface area contributed by atoms with Gasteiger partial charge in [0, 0.05) is 6.92 Å². The molecule has 0 saturated carbocycles. The molecule has 0 fully saturated rings. The summed E-state index contributed by atoms with van der Waals surface area (Å²) in [6.45, 7) is 3.74. The van der Waals surface area contributed by atoms with Crippen LogP contribution in [0.25, 0.3) is 0 Å². The average Bonchev–Trinajstić information content (AvgIpc) is 3.14. The molecule has 0 spiro atoms. The number of rotatable bonds is 3. The van der Waals surface area contributed by atoms with Crippen LogP contribution in [-0.4, -0.2) is 31.3 Å². The molecule has 0 radical (unpaired) electrons. The molecule has 2 unspecified atom stereocenters. The van der Waals surface area contributed by atoms with Gasteiger partial charge in [0.25, 0.3) is 5.91 Å². The van der Waals surface area contributed by atoms with Gasteiger partial charge in [-0.25, -0.2) is 0 Å². The summed E-state index contributed by atoms with van der Waals surface area (Å²) in [5, 5.41) is 2.95. The molecule has 7 heteroatoms. The van der Waals surface area contributed by atoms with Crippen molar-refractivity contribution in [3.05, 3.63) is 48.0 Å². The maximum atomic E-state index is 12.8. The van der Waals surface area contributed by atoms with Gasteiger partial charge in [0.05, 0.1) is 18.3 Å². The molecule has 2 amide bonds. The Labute approximate surface area is 156 Å². The maximum Gasteiger partial charge on any atom is 0.263 e. The van der Waals surface area contributed by atoms with Crippen LogP contribution >= 0.6 is 0 Å². The number of carbonyl (C=O) groups is 2. The quantitative estimate of drug-likeness (QED) is 0.900. The van der Waals surface area contributed by atoms with E-state index in [1.165, 1.54) is 6.92 Å². The highest BCUT2D eigenvalue weighted by Gasteiger charge is 2.33. The van der Waals surface area contributed by atoms with Gasteiger partial charge in [0.2, 0.25) is 12.7 Å². The third-order valence-corrected chi connectivity index (χ3v) is 4.70. The molecule has 4 rings (SSSR count). The number of nitrogens with one attached hydrogen (secondary N) is 1. The second-order valence-corrected chi connectivity index (χ2v) is 6.55. The van der Waals surface area contributed by atoms with E-state index in [9.17, 15) is 9.59 Å². The molecule has 0 saturated heterocycles. The van der Waals surface area contributed by atoms with Gasteiger partial charge in [0.15, 0.2) is 17.6 Å². The van der Waals surface area contributed by atoms with Crippen LogP contribution < -0.4 is 24.4 Å². The topological polar surface area (TPSA) is 77.1 Å². The zero-order valence-electron chi connectivity index (χ0n) is 15.1. The van der Waals surface area contributed by atoms with Gasteiger partial charge < -0.3 is 24.4 Å². The molecule has 0 aromatic heterocycles. The van der Waals surface area contributed by atoms with Crippen LogP contribution in [0.2, 0.25) is 0 Å². The van der Waals surface area contributed by atoms with Crippen LogP contribution in [0.5, 0.6) is 17.2 Å². The van der Waals surface area contributed by atoms with Crippen molar-refractivity contribution >= 4 is 17.5 Å². The fourth-order valence-electron chi connectivity index (χ4n) is 3.24. The number of ether oxygens (including phenoxy) is 3. The Bertz CT molecular complexity index is 898. The zero-order valence-corrected chi connectivity index (χ0v) is 15.1. The Hall–Kier alpha value is -3.22. The number of carbonyl (C=O) groups excluding carboxylic acids is 2. The summed E-state index contributed by atoms with van der Waals surface area (Å²) in [5.41, 5.74) is 1.57. The lowest BCUT2D eigenvalue weighted by molar-refractivity contribution is -0.129. The minimum Gasteiger partial charge on any atom is -0.477 e. The molecule has 2 aliphatic heterocycles. The van der Waals surface area contributed by atoms with Crippen molar-refractivity contribution in [1.82, 2.24) is 5.32 Å². The summed E-state index contributed by atoms with van der Waals surface area (Å²) in [4.78, 5) is 26.3. The van der Waals surface area contributed by atoms with Crippen molar-refractivity contribution in [3.8, 4) is 17.2 Å². The molecule has 2 atom stereocenters. The summed E-state index contributed by atoms with van der Waals surface area (Å²) in [6, 6.07) is 12.5. The highest BCUT2D eigenvalue weighted by atomic mass is 16.7. The van der Waals surface area contributed by atoms with Crippen molar-refractivity contribution in [2.75, 3.05) is 18.2 Å². The predicted octanol–water partition coefficient (Wildman–Crippen LogP) is 2.41. The second-order valence-electron chi connectivity index (χ2n) is 6.55. The smallest absolute Gasteiger partial charge is 0.263 e. The molecule has 140 valence electrons. The van der Waals surface area contributed by atoms with Crippen molar-refractivity contribution in [3.63, 3.8) is 0 Å². The Morgan fingerprint density at radius 1 is 1.11 bits per heavy atom. The van der Waals surface area contributed by atoms with E-state index in [2.05, 4.69) is 5.32 Å². The van der Waals surface area contributed by atoms with E-state index in [1.54, 1.807) is 17.0 Å². The van der Waals surface area contributed by atoms with E-state index in [4.69, 9.17) is 14.2 Å². The molecule has 2 aromatic rings. The molecular weight excluding hydrogens is 348 g/mol. The molecule has 0 aliphatic carbocycles. The number of fused-ring (bicyclic) bond motifs is 2. The number of anilines is 1. The van der Waals surface area contributed by atoms with Crippen molar-refractivity contribution in [2.24, 2.45) is 0 Å². The van der Waals surface area contributed by atoms with Gasteiger partial charge in [-0.15, -0.1) is 0 Å².